The molecule has 26 heavy (non-hydrogen) atoms. The van der Waals surface area contributed by atoms with Crippen molar-refractivity contribution < 1.29 is 19.1 Å². The molecule has 0 radical (unpaired) electrons. The standard InChI is InChI=1S/C20H22N2O4/c1-25-20(24)21-13-14-6-8-16(9-7-14)22-19(23)12-18-17-5-3-2-4-15(17)10-11-26-18/h2-9,18H,10-13H2,1H3,(H,21,24)(H,22,23). The maximum absolute atomic E-state index is 12.4. The van der Waals surface area contributed by atoms with E-state index in [-0.39, 0.29) is 18.4 Å². The smallest absolute Gasteiger partial charge is 0.407 e. The van der Waals surface area contributed by atoms with Crippen LogP contribution in [0.1, 0.15) is 29.2 Å². The molecule has 0 bridgehead atoms. The first kappa shape index (κ1) is 17.9. The first-order valence-electron chi connectivity index (χ1n) is 8.55. The number of nitrogens with one attached hydrogen (secondary N) is 2. The summed E-state index contributed by atoms with van der Waals surface area (Å²) in [7, 11) is 1.32. The Balaban J connectivity index is 1.55. The van der Waals surface area contributed by atoms with Gasteiger partial charge in [0.1, 0.15) is 0 Å². The predicted octanol–water partition coefficient (Wildman–Crippen LogP) is 3.19. The maximum Gasteiger partial charge on any atom is 0.407 e. The summed E-state index contributed by atoms with van der Waals surface area (Å²) >= 11 is 0. The Morgan fingerprint density at radius 2 is 1.92 bits per heavy atom. The zero-order valence-corrected chi connectivity index (χ0v) is 14.7. The monoisotopic (exact) mass is 354 g/mol. The molecular weight excluding hydrogens is 332 g/mol. The van der Waals surface area contributed by atoms with E-state index < -0.39 is 6.09 Å². The van der Waals surface area contributed by atoms with Crippen molar-refractivity contribution in [1.82, 2.24) is 5.32 Å². The topological polar surface area (TPSA) is 76.7 Å². The SMILES string of the molecule is COC(=O)NCc1ccc(NC(=O)CC2OCCc3ccccc32)cc1. The molecule has 0 saturated heterocycles. The summed E-state index contributed by atoms with van der Waals surface area (Å²) in [4.78, 5) is 23.4. The molecule has 0 aliphatic carbocycles. The third-order valence-electron chi connectivity index (χ3n) is 4.32. The van der Waals surface area contributed by atoms with Crippen molar-refractivity contribution in [3.05, 3.63) is 65.2 Å². The van der Waals surface area contributed by atoms with Crippen molar-refractivity contribution in [2.24, 2.45) is 0 Å². The minimum atomic E-state index is -0.477. The molecule has 0 aromatic heterocycles. The van der Waals surface area contributed by atoms with Crippen LogP contribution in [0.3, 0.4) is 0 Å². The fourth-order valence-corrected chi connectivity index (χ4v) is 2.98. The molecular formula is C20H22N2O4. The molecule has 136 valence electrons. The predicted molar refractivity (Wildman–Crippen MR) is 97.8 cm³/mol. The van der Waals surface area contributed by atoms with Crippen LogP contribution in [0.25, 0.3) is 0 Å². The summed E-state index contributed by atoms with van der Waals surface area (Å²) < 4.78 is 10.3. The van der Waals surface area contributed by atoms with Crippen molar-refractivity contribution in [2.75, 3.05) is 19.0 Å². The number of hydrogen-bond acceptors (Lipinski definition) is 4. The van der Waals surface area contributed by atoms with E-state index in [9.17, 15) is 9.59 Å². The van der Waals surface area contributed by atoms with Crippen molar-refractivity contribution >= 4 is 17.7 Å². The average Bonchev–Trinajstić information content (AvgIpc) is 2.67. The third kappa shape index (κ3) is 4.61. The molecule has 1 aliphatic rings. The highest BCUT2D eigenvalue weighted by Gasteiger charge is 2.23. The lowest BCUT2D eigenvalue weighted by Crippen LogP contribution is -2.22. The Morgan fingerprint density at radius 1 is 1.15 bits per heavy atom. The van der Waals surface area contributed by atoms with Crippen LogP contribution in [0.5, 0.6) is 0 Å². The van der Waals surface area contributed by atoms with E-state index in [0.717, 1.165) is 17.5 Å². The van der Waals surface area contributed by atoms with Gasteiger partial charge in [-0.15, -0.1) is 0 Å². The quantitative estimate of drug-likeness (QED) is 0.865. The van der Waals surface area contributed by atoms with E-state index in [2.05, 4.69) is 21.4 Å². The number of carbonyl (C=O) groups excluding carboxylic acids is 2. The third-order valence-corrected chi connectivity index (χ3v) is 4.32. The maximum atomic E-state index is 12.4. The summed E-state index contributed by atoms with van der Waals surface area (Å²) in [5.74, 6) is -0.0906. The first-order chi connectivity index (χ1) is 12.7. The van der Waals surface area contributed by atoms with E-state index >= 15 is 0 Å². The zero-order chi connectivity index (χ0) is 18.4. The molecule has 1 heterocycles. The van der Waals surface area contributed by atoms with Gasteiger partial charge in [-0.05, 0) is 35.2 Å². The molecule has 1 unspecified atom stereocenters. The number of ether oxygens (including phenoxy) is 2. The number of amides is 2. The van der Waals surface area contributed by atoms with Crippen LogP contribution in [0, 0.1) is 0 Å². The van der Waals surface area contributed by atoms with Gasteiger partial charge in [-0.2, -0.15) is 0 Å². The Morgan fingerprint density at radius 3 is 2.69 bits per heavy atom. The number of anilines is 1. The molecule has 1 aliphatic heterocycles. The van der Waals surface area contributed by atoms with Crippen molar-refractivity contribution in [1.29, 1.82) is 0 Å². The Kier molecular flexibility index (Phi) is 5.86. The lowest BCUT2D eigenvalue weighted by molar-refractivity contribution is -0.119. The average molecular weight is 354 g/mol. The molecule has 1 atom stereocenters. The van der Waals surface area contributed by atoms with Crippen molar-refractivity contribution in [3.8, 4) is 0 Å². The number of hydrogen-bond donors (Lipinski definition) is 2. The van der Waals surface area contributed by atoms with E-state index in [0.29, 0.717) is 18.8 Å². The van der Waals surface area contributed by atoms with Crippen LogP contribution >= 0.6 is 0 Å². The number of fused-ring (bicyclic) bond motifs is 1. The minimum absolute atomic E-state index is 0.0906. The van der Waals surface area contributed by atoms with Gasteiger partial charge < -0.3 is 20.1 Å². The van der Waals surface area contributed by atoms with E-state index in [4.69, 9.17) is 4.74 Å². The second-order valence-corrected chi connectivity index (χ2v) is 6.10. The number of rotatable bonds is 5. The first-order valence-corrected chi connectivity index (χ1v) is 8.55. The van der Waals surface area contributed by atoms with E-state index in [1.54, 1.807) is 0 Å². The number of benzene rings is 2. The normalized spacial score (nSPS) is 15.7. The lowest BCUT2D eigenvalue weighted by Gasteiger charge is -2.25. The van der Waals surface area contributed by atoms with Gasteiger partial charge in [0.2, 0.25) is 5.91 Å². The van der Waals surface area contributed by atoms with Crippen LogP contribution in [0.4, 0.5) is 10.5 Å². The molecule has 2 aromatic carbocycles. The van der Waals surface area contributed by atoms with Crippen LogP contribution in [0.15, 0.2) is 48.5 Å². The number of alkyl carbamates (subject to hydrolysis) is 1. The lowest BCUT2D eigenvalue weighted by atomic mass is 9.95. The summed E-state index contributed by atoms with van der Waals surface area (Å²) in [6.07, 6.45) is 0.483. The van der Waals surface area contributed by atoms with Gasteiger partial charge in [0.05, 0.1) is 26.2 Å². The van der Waals surface area contributed by atoms with Gasteiger partial charge >= 0.3 is 6.09 Å². The van der Waals surface area contributed by atoms with Crippen molar-refractivity contribution in [2.45, 2.75) is 25.5 Å². The van der Waals surface area contributed by atoms with Gasteiger partial charge in [0, 0.05) is 12.2 Å². The molecule has 6 heteroatoms. The second-order valence-electron chi connectivity index (χ2n) is 6.10. The number of carbonyl (C=O) groups is 2. The Labute approximate surface area is 152 Å². The van der Waals surface area contributed by atoms with Crippen LogP contribution in [0.2, 0.25) is 0 Å². The summed E-state index contributed by atoms with van der Waals surface area (Å²) in [5.41, 5.74) is 3.97. The van der Waals surface area contributed by atoms with Crippen LogP contribution < -0.4 is 10.6 Å². The number of methoxy groups -OCH3 is 1. The highest BCUT2D eigenvalue weighted by Crippen LogP contribution is 2.29. The van der Waals surface area contributed by atoms with Gasteiger partial charge in [-0.25, -0.2) is 4.79 Å². The van der Waals surface area contributed by atoms with Crippen LogP contribution in [-0.4, -0.2) is 25.7 Å². The van der Waals surface area contributed by atoms with Gasteiger partial charge in [0.15, 0.2) is 0 Å². The zero-order valence-electron chi connectivity index (χ0n) is 14.7. The highest BCUT2D eigenvalue weighted by molar-refractivity contribution is 5.91. The summed E-state index contributed by atoms with van der Waals surface area (Å²) in [6.45, 7) is 1.00. The highest BCUT2D eigenvalue weighted by atomic mass is 16.5. The van der Waals surface area contributed by atoms with Crippen molar-refractivity contribution in [3.63, 3.8) is 0 Å². The fourth-order valence-electron chi connectivity index (χ4n) is 2.98. The molecule has 2 aromatic rings. The summed E-state index contributed by atoms with van der Waals surface area (Å²) in [6, 6.07) is 15.4. The van der Waals surface area contributed by atoms with E-state index in [1.165, 1.54) is 12.7 Å². The molecule has 2 N–H and O–H groups in total. The van der Waals surface area contributed by atoms with Gasteiger partial charge in [-0.3, -0.25) is 4.79 Å². The van der Waals surface area contributed by atoms with E-state index in [1.807, 2.05) is 42.5 Å². The van der Waals surface area contributed by atoms with Gasteiger partial charge in [0.25, 0.3) is 0 Å². The Bertz CT molecular complexity index is 774. The minimum Gasteiger partial charge on any atom is -0.453 e. The molecule has 0 spiro atoms. The molecule has 3 rings (SSSR count). The largest absolute Gasteiger partial charge is 0.453 e. The summed E-state index contributed by atoms with van der Waals surface area (Å²) in [5, 5.41) is 5.50. The molecule has 0 fully saturated rings. The second kappa shape index (κ2) is 8.49. The van der Waals surface area contributed by atoms with Gasteiger partial charge in [-0.1, -0.05) is 36.4 Å². The Hall–Kier alpha value is -2.86. The fraction of sp³-hybridized carbons (Fsp3) is 0.300. The molecule has 6 nitrogen and oxygen atoms in total. The molecule has 2 amide bonds. The van der Waals surface area contributed by atoms with Crippen LogP contribution in [-0.2, 0) is 27.2 Å². The molecule has 0 saturated carbocycles.